The highest BCUT2D eigenvalue weighted by molar-refractivity contribution is 5.95. The third-order valence-corrected chi connectivity index (χ3v) is 5.48. The van der Waals surface area contributed by atoms with Gasteiger partial charge in [0, 0.05) is 13.0 Å². The number of carbonyl (C=O) groups excluding carboxylic acids is 2. The molecular weight excluding hydrogens is 372 g/mol. The lowest BCUT2D eigenvalue weighted by Gasteiger charge is -2.28. The van der Waals surface area contributed by atoms with Gasteiger partial charge in [0.15, 0.2) is 6.10 Å². The molecule has 2 atom stereocenters. The molecular formula is C21H24N4O4. The van der Waals surface area contributed by atoms with Crippen LogP contribution < -0.4 is 10.9 Å². The maximum absolute atomic E-state index is 12.5. The van der Waals surface area contributed by atoms with Crippen LogP contribution in [0.1, 0.15) is 50.3 Å². The zero-order chi connectivity index (χ0) is 21.3. The van der Waals surface area contributed by atoms with Crippen molar-refractivity contribution in [3.8, 4) is 6.07 Å². The van der Waals surface area contributed by atoms with E-state index in [1.54, 1.807) is 17.6 Å². The molecule has 29 heavy (non-hydrogen) atoms. The Morgan fingerprint density at radius 2 is 2.07 bits per heavy atom. The van der Waals surface area contributed by atoms with Crippen LogP contribution in [-0.2, 0) is 22.5 Å². The number of hydrogen-bond acceptors (Lipinski definition) is 6. The van der Waals surface area contributed by atoms with Crippen molar-refractivity contribution in [2.75, 3.05) is 0 Å². The van der Waals surface area contributed by atoms with Crippen molar-refractivity contribution in [2.24, 2.45) is 5.92 Å². The fraction of sp³-hybridized carbons (Fsp3) is 0.476. The molecule has 0 saturated heterocycles. The van der Waals surface area contributed by atoms with Crippen LogP contribution in [0.4, 0.5) is 0 Å². The number of benzene rings is 1. The van der Waals surface area contributed by atoms with Crippen LogP contribution >= 0.6 is 0 Å². The fourth-order valence-corrected chi connectivity index (χ4v) is 3.15. The summed E-state index contributed by atoms with van der Waals surface area (Å²) >= 11 is 0. The van der Waals surface area contributed by atoms with Gasteiger partial charge in [-0.25, -0.2) is 9.78 Å². The van der Waals surface area contributed by atoms with Gasteiger partial charge in [-0.1, -0.05) is 13.8 Å². The zero-order valence-corrected chi connectivity index (χ0v) is 17.0. The summed E-state index contributed by atoms with van der Waals surface area (Å²) in [5, 5.41) is 12.4. The van der Waals surface area contributed by atoms with Crippen LogP contribution in [0, 0.1) is 17.2 Å². The molecule has 1 aromatic carbocycles. The second-order valence-electron chi connectivity index (χ2n) is 7.83. The maximum atomic E-state index is 12.5. The summed E-state index contributed by atoms with van der Waals surface area (Å²) < 4.78 is 6.93. The molecule has 0 bridgehead atoms. The second kappa shape index (κ2) is 7.66. The van der Waals surface area contributed by atoms with E-state index >= 15 is 0 Å². The number of aryl methyl sites for hydroxylation is 1. The highest BCUT2D eigenvalue weighted by Crippen LogP contribution is 2.18. The average Bonchev–Trinajstić information content (AvgIpc) is 3.16. The zero-order valence-electron chi connectivity index (χ0n) is 17.0. The topological polar surface area (TPSA) is 114 Å². The normalized spacial score (nSPS) is 16.0. The third-order valence-electron chi connectivity index (χ3n) is 5.48. The predicted molar refractivity (Wildman–Crippen MR) is 106 cm³/mol. The summed E-state index contributed by atoms with van der Waals surface area (Å²) in [6.07, 6.45) is 0.520. The van der Waals surface area contributed by atoms with Crippen LogP contribution in [0.3, 0.4) is 0 Å². The monoisotopic (exact) mass is 396 g/mol. The Bertz CT molecular complexity index is 1080. The Balaban J connectivity index is 1.78. The van der Waals surface area contributed by atoms with Crippen molar-refractivity contribution < 1.29 is 14.3 Å². The fourth-order valence-electron chi connectivity index (χ4n) is 3.15. The standard InChI is InChI=1S/C21H24N4O4/c1-12(2)21(4,11-22)24-18(26)13(3)29-20(28)14-7-8-15-16(10-14)23-17-6-5-9-25(17)19(15)27/h7-8,10,12-13H,5-6,9H2,1-4H3,(H,24,26)/t13-,21-/m1/s1. The lowest BCUT2D eigenvalue weighted by atomic mass is 9.90. The van der Waals surface area contributed by atoms with Crippen molar-refractivity contribution in [2.45, 2.75) is 58.7 Å². The molecule has 2 aromatic rings. The van der Waals surface area contributed by atoms with Crippen LogP contribution in [0.2, 0.25) is 0 Å². The Morgan fingerprint density at radius 1 is 1.34 bits per heavy atom. The van der Waals surface area contributed by atoms with Gasteiger partial charge in [0.05, 0.1) is 22.5 Å². The molecule has 0 saturated carbocycles. The Morgan fingerprint density at radius 3 is 2.72 bits per heavy atom. The van der Waals surface area contributed by atoms with E-state index in [9.17, 15) is 19.6 Å². The van der Waals surface area contributed by atoms with Gasteiger partial charge in [-0.05, 0) is 44.4 Å². The van der Waals surface area contributed by atoms with E-state index in [0.29, 0.717) is 23.3 Å². The summed E-state index contributed by atoms with van der Waals surface area (Å²) in [4.78, 5) is 41.9. The van der Waals surface area contributed by atoms with E-state index in [2.05, 4.69) is 16.4 Å². The molecule has 1 aromatic heterocycles. The van der Waals surface area contributed by atoms with Gasteiger partial charge in [-0.15, -0.1) is 0 Å². The molecule has 8 heteroatoms. The summed E-state index contributed by atoms with van der Waals surface area (Å²) in [5.41, 5.74) is -0.530. The molecule has 0 radical (unpaired) electrons. The lowest BCUT2D eigenvalue weighted by Crippen LogP contribution is -2.52. The molecule has 1 aliphatic rings. The SMILES string of the molecule is CC(C)[C@@](C)(C#N)NC(=O)[C@@H](C)OC(=O)c1ccc2c(=O)n3c(nc2c1)CCC3. The predicted octanol–water partition coefficient (Wildman–Crippen LogP) is 1.94. The number of nitriles is 1. The molecule has 1 amide bonds. The number of nitrogens with zero attached hydrogens (tertiary/aromatic N) is 3. The van der Waals surface area contributed by atoms with Crippen molar-refractivity contribution in [3.05, 3.63) is 39.9 Å². The molecule has 0 unspecified atom stereocenters. The number of aromatic nitrogens is 2. The van der Waals surface area contributed by atoms with Gasteiger partial charge in [0.25, 0.3) is 11.5 Å². The number of ether oxygens (including phenoxy) is 1. The largest absolute Gasteiger partial charge is 0.449 e. The summed E-state index contributed by atoms with van der Waals surface area (Å²) in [6, 6.07) is 6.64. The quantitative estimate of drug-likeness (QED) is 0.773. The van der Waals surface area contributed by atoms with Gasteiger partial charge in [-0.2, -0.15) is 5.26 Å². The molecule has 3 rings (SSSR count). The van der Waals surface area contributed by atoms with Gasteiger partial charge in [0.2, 0.25) is 0 Å². The maximum Gasteiger partial charge on any atom is 0.338 e. The molecule has 2 heterocycles. The lowest BCUT2D eigenvalue weighted by molar-refractivity contribution is -0.130. The summed E-state index contributed by atoms with van der Waals surface area (Å²) in [7, 11) is 0. The van der Waals surface area contributed by atoms with Gasteiger partial charge in [0.1, 0.15) is 11.4 Å². The molecule has 0 spiro atoms. The smallest absolute Gasteiger partial charge is 0.338 e. The van der Waals surface area contributed by atoms with Crippen molar-refractivity contribution >= 4 is 22.8 Å². The average molecular weight is 396 g/mol. The highest BCUT2D eigenvalue weighted by atomic mass is 16.5. The van der Waals surface area contributed by atoms with Crippen molar-refractivity contribution in [1.82, 2.24) is 14.9 Å². The van der Waals surface area contributed by atoms with Crippen LogP contribution in [0.5, 0.6) is 0 Å². The summed E-state index contributed by atoms with van der Waals surface area (Å²) in [5.74, 6) is -0.650. The van der Waals surface area contributed by atoms with E-state index in [1.807, 2.05) is 13.8 Å². The molecule has 0 fully saturated rings. The van der Waals surface area contributed by atoms with E-state index in [-0.39, 0.29) is 17.0 Å². The molecule has 1 aliphatic heterocycles. The van der Waals surface area contributed by atoms with Gasteiger partial charge >= 0.3 is 5.97 Å². The number of esters is 1. The van der Waals surface area contributed by atoms with E-state index < -0.39 is 23.5 Å². The Labute approximate surface area is 168 Å². The Kier molecular flexibility index (Phi) is 5.42. The molecule has 0 aliphatic carbocycles. The first-order valence-corrected chi connectivity index (χ1v) is 9.64. The minimum absolute atomic E-state index is 0.111. The third kappa shape index (κ3) is 3.86. The first-order valence-electron chi connectivity index (χ1n) is 9.64. The van der Waals surface area contributed by atoms with Crippen molar-refractivity contribution in [1.29, 1.82) is 5.26 Å². The van der Waals surface area contributed by atoms with E-state index in [4.69, 9.17) is 4.74 Å². The van der Waals surface area contributed by atoms with Crippen molar-refractivity contribution in [3.63, 3.8) is 0 Å². The number of nitrogens with one attached hydrogen (secondary N) is 1. The first-order chi connectivity index (χ1) is 13.7. The molecule has 1 N–H and O–H groups in total. The first kappa shape index (κ1) is 20.5. The minimum atomic E-state index is -1.08. The highest BCUT2D eigenvalue weighted by Gasteiger charge is 2.32. The minimum Gasteiger partial charge on any atom is -0.449 e. The second-order valence-corrected chi connectivity index (χ2v) is 7.83. The molecule has 8 nitrogen and oxygen atoms in total. The number of hydrogen-bond donors (Lipinski definition) is 1. The number of amides is 1. The van der Waals surface area contributed by atoms with Crippen LogP contribution in [0.15, 0.2) is 23.0 Å². The van der Waals surface area contributed by atoms with Gasteiger partial charge in [-0.3, -0.25) is 14.2 Å². The number of rotatable bonds is 5. The number of carbonyl (C=O) groups is 2. The van der Waals surface area contributed by atoms with E-state index in [1.165, 1.54) is 19.1 Å². The number of fused-ring (bicyclic) bond motifs is 2. The summed E-state index contributed by atoms with van der Waals surface area (Å²) in [6.45, 7) is 7.37. The molecule has 152 valence electrons. The Hall–Kier alpha value is -3.21. The van der Waals surface area contributed by atoms with Gasteiger partial charge < -0.3 is 10.1 Å². The van der Waals surface area contributed by atoms with Crippen LogP contribution in [0.25, 0.3) is 10.9 Å². The van der Waals surface area contributed by atoms with E-state index in [0.717, 1.165) is 12.8 Å². The van der Waals surface area contributed by atoms with Crippen LogP contribution in [-0.4, -0.2) is 33.1 Å².